The van der Waals surface area contributed by atoms with Crippen molar-refractivity contribution in [2.24, 2.45) is 0 Å². The lowest BCUT2D eigenvalue weighted by molar-refractivity contribution is -0.339. The number of fused-ring (bicyclic) bond motifs is 1. The maximum Gasteiger partial charge on any atom is 0.278 e. The lowest BCUT2D eigenvalue weighted by Crippen LogP contribution is -2.34. The van der Waals surface area contributed by atoms with Crippen molar-refractivity contribution in [1.82, 2.24) is 44.1 Å². The van der Waals surface area contributed by atoms with E-state index in [-0.39, 0.29) is 41.6 Å². The molecule has 3 heterocycles. The molecule has 0 radical (unpaired) electrons. The monoisotopic (exact) mass is 580 g/mol. The van der Waals surface area contributed by atoms with Gasteiger partial charge in [0, 0.05) is 0 Å². The number of phosphoric acid groups is 3. The molecule has 0 saturated carbocycles. The molecule has 1 saturated heterocycles. The summed E-state index contributed by atoms with van der Waals surface area (Å²) >= 11 is 0. The molecule has 0 amide bonds. The van der Waals surface area contributed by atoms with Crippen LogP contribution >= 0.6 is 23.5 Å². The Hall–Kier alpha value is -1.52. The maximum absolute atomic E-state index is 11.6. The number of nitrogens with zero attached hydrogens (tertiary/aromatic N) is 4. The van der Waals surface area contributed by atoms with E-state index in [9.17, 15) is 43.5 Å². The van der Waals surface area contributed by atoms with Gasteiger partial charge in [-0.2, -0.15) is 0 Å². The Kier molecular flexibility index (Phi) is 12.9. The van der Waals surface area contributed by atoms with E-state index in [1.54, 1.807) is 0 Å². The molecule has 0 bridgehead atoms. The van der Waals surface area contributed by atoms with Crippen molar-refractivity contribution in [3.05, 3.63) is 12.7 Å². The van der Waals surface area contributed by atoms with Gasteiger partial charge in [-0.3, -0.25) is 18.0 Å². The summed E-state index contributed by atoms with van der Waals surface area (Å²) < 4.78 is 50.2. The van der Waals surface area contributed by atoms with Gasteiger partial charge in [-0.25, -0.2) is 19.3 Å². The first-order valence-electron chi connectivity index (χ1n) is 7.85. The average Bonchev–Trinajstić information content (AvgIpc) is 3.13. The summed E-state index contributed by atoms with van der Waals surface area (Å²) in [5.74, 6) is 0.0195. The number of anilines is 1. The number of nitrogen functional groups attached to an aromatic ring is 1. The molecule has 25 heteroatoms. The van der Waals surface area contributed by atoms with Gasteiger partial charge in [0.2, 0.25) is 0 Å². The van der Waals surface area contributed by atoms with Crippen LogP contribution in [0.25, 0.3) is 11.2 Å². The SMILES string of the molecule is [15NH2]c1[15n]c[15n]c2c1[15n]c[15n]2[C@H]1O[C@@H](COP(=O)([O-])OP(=O)([O-])OP(=O)([O-])[O-])[C@@H](O)[C@H]1O.[NH4+].[NH4+].[NH4+].[NH4+]. The molecular weight excluding hydrogens is 552 g/mol. The Morgan fingerprint density at radius 3 is 2.14 bits per heavy atom. The van der Waals surface area contributed by atoms with Crippen molar-refractivity contribution < 1.29 is 61.4 Å². The van der Waals surface area contributed by atoms with E-state index in [0.717, 1.165) is 12.7 Å². The molecule has 206 valence electrons. The van der Waals surface area contributed by atoms with Crippen molar-refractivity contribution in [3.63, 3.8) is 0 Å². The molecule has 1 aliphatic heterocycles. The maximum atomic E-state index is 11.6. The van der Waals surface area contributed by atoms with Crippen LogP contribution in [0.3, 0.4) is 0 Å². The van der Waals surface area contributed by atoms with Crippen LogP contribution in [0.2, 0.25) is 0 Å². The van der Waals surface area contributed by atoms with E-state index in [2.05, 4.69) is 28.1 Å². The Bertz CT molecular complexity index is 1110. The molecule has 2 aromatic heterocycles. The topological polar surface area (TPSA) is 436 Å². The molecule has 1 fully saturated rings. The number of ether oxygens (including phenoxy) is 1. The fourth-order valence-corrected chi connectivity index (χ4v) is 5.47. The van der Waals surface area contributed by atoms with Gasteiger partial charge in [0.25, 0.3) is 15.6 Å². The first-order chi connectivity index (χ1) is 14.2. The number of quaternary nitrogens is 4. The third-order valence-electron chi connectivity index (χ3n) is 3.80. The van der Waals surface area contributed by atoms with Gasteiger partial charge in [0.05, 0.1) is 20.8 Å². The number of hydrogen-bond acceptors (Lipinski definition) is 17. The quantitative estimate of drug-likeness (QED) is 0.124. The van der Waals surface area contributed by atoms with Crippen LogP contribution in [-0.2, 0) is 31.6 Å². The average molecular weight is 580 g/mol. The predicted molar refractivity (Wildman–Crippen MR) is 111 cm³/mol. The summed E-state index contributed by atoms with van der Waals surface area (Å²) in [6, 6.07) is 0. The lowest BCUT2D eigenvalue weighted by Gasteiger charge is -2.37. The molecule has 35 heavy (non-hydrogen) atoms. The van der Waals surface area contributed by atoms with Crippen LogP contribution < -0.4 is 49.9 Å². The lowest BCUT2D eigenvalue weighted by atomic mass is 10.1. The minimum Gasteiger partial charge on any atom is -0.790 e. The first-order valence-corrected chi connectivity index (χ1v) is 12.2. The summed E-state index contributed by atoms with van der Waals surface area (Å²) in [7, 11) is -18.1. The van der Waals surface area contributed by atoms with Crippen LogP contribution in [0.4, 0.5) is 5.82 Å². The minimum atomic E-state index is -6.14. The predicted octanol–water partition coefficient (Wildman–Crippen LogP) is -2.65. The number of aliphatic hydroxyl groups is 2. The van der Waals surface area contributed by atoms with Gasteiger partial charge in [-0.1, -0.05) is 0 Å². The summed E-state index contributed by atoms with van der Waals surface area (Å²) in [5.41, 5.74) is 5.92. The molecule has 3 rings (SSSR count). The summed E-state index contributed by atoms with van der Waals surface area (Å²) in [6.07, 6.45) is -3.99. The third-order valence-corrected chi connectivity index (χ3v) is 7.46. The molecule has 20 N–H and O–H groups in total. The Morgan fingerprint density at radius 2 is 1.57 bits per heavy atom. The smallest absolute Gasteiger partial charge is 0.278 e. The van der Waals surface area contributed by atoms with Gasteiger partial charge < -0.3 is 73.9 Å². The van der Waals surface area contributed by atoms with Crippen LogP contribution in [-0.4, -0.2) is 54.7 Å². The Morgan fingerprint density at radius 1 is 0.971 bits per heavy atom. The molecular formula is C10H28N9O13P3. The highest BCUT2D eigenvalue weighted by molar-refractivity contribution is 7.64. The van der Waals surface area contributed by atoms with Crippen molar-refractivity contribution in [2.45, 2.75) is 24.5 Å². The van der Waals surface area contributed by atoms with Crippen molar-refractivity contribution in [1.29, 1.82) is 0 Å². The van der Waals surface area contributed by atoms with E-state index >= 15 is 0 Å². The van der Waals surface area contributed by atoms with E-state index < -0.39 is 54.6 Å². The van der Waals surface area contributed by atoms with Crippen molar-refractivity contribution >= 4 is 40.4 Å². The van der Waals surface area contributed by atoms with Crippen LogP contribution in [0.15, 0.2) is 12.7 Å². The van der Waals surface area contributed by atoms with Gasteiger partial charge >= 0.3 is 0 Å². The molecule has 6 atom stereocenters. The second-order valence-electron chi connectivity index (χ2n) is 5.93. The molecule has 0 spiro atoms. The standard InChI is InChI=1S/C10H16N5O13P3.4H3N/c11-8-5-9(13-2-12-8)15(3-14-5)10-7(17)6(16)4(26-10)1-25-30(21,22)28-31(23,24)27-29(18,19)20;;;;/h2-4,6-7,10,16-17H,1H2,(H,21,22)(H,23,24)(H2,11,12,13)(H2,18,19,20);4*1H3/t4-,6+,7+,10-;;;;/m0..../s1/i11+1,12+1,13+1,14+1,15+1;;;;. The fraction of sp³-hybridized carbons (Fsp3) is 0.500. The number of aromatic nitrogens is 4. The van der Waals surface area contributed by atoms with Crippen LogP contribution in [0.1, 0.15) is 6.23 Å². The number of rotatable bonds is 8. The molecule has 1 aliphatic rings. The van der Waals surface area contributed by atoms with Gasteiger partial charge in [-0.15, -0.1) is 0 Å². The number of imidazole rings is 1. The highest BCUT2D eigenvalue weighted by atomic mass is 31.3. The highest BCUT2D eigenvalue weighted by Crippen LogP contribution is 2.60. The largest absolute Gasteiger partial charge is 0.790 e. The van der Waals surface area contributed by atoms with Crippen LogP contribution in [0, 0.1) is 0 Å². The zero-order valence-electron chi connectivity index (χ0n) is 18.8. The normalized spacial score (nSPS) is 25.2. The van der Waals surface area contributed by atoms with E-state index in [1.807, 2.05) is 0 Å². The molecule has 0 aliphatic carbocycles. The van der Waals surface area contributed by atoms with Gasteiger partial charge in [0.1, 0.15) is 30.2 Å². The Labute approximate surface area is 196 Å². The number of phosphoric ester groups is 1. The molecule has 0 aromatic carbocycles. The fourth-order valence-electron chi connectivity index (χ4n) is 2.60. The summed E-state index contributed by atoms with van der Waals surface area (Å²) in [6.45, 7) is -1.08. The zero-order valence-corrected chi connectivity index (χ0v) is 21.4. The summed E-state index contributed by atoms with van der Waals surface area (Å²) in [5, 5.41) is 20.3. The van der Waals surface area contributed by atoms with E-state index in [0.29, 0.717) is 0 Å². The number of nitrogens with two attached hydrogens (primary N) is 1. The second-order valence-corrected chi connectivity index (χ2v) is 10.2. The van der Waals surface area contributed by atoms with Crippen molar-refractivity contribution in [3.8, 4) is 0 Å². The first kappa shape index (κ1) is 35.6. The number of hydrogen-bond donors (Lipinski definition) is 7. The van der Waals surface area contributed by atoms with E-state index in [1.165, 1.54) is 4.57 Å². The zero-order chi connectivity index (χ0) is 23.2. The van der Waals surface area contributed by atoms with Gasteiger partial charge in [0.15, 0.2) is 17.7 Å². The van der Waals surface area contributed by atoms with Crippen LogP contribution in [0.5, 0.6) is 0 Å². The minimum absolute atomic E-state index is 0. The van der Waals surface area contributed by atoms with E-state index in [4.69, 9.17) is 10.5 Å². The highest BCUT2D eigenvalue weighted by Gasteiger charge is 2.45. The Balaban J connectivity index is 0. The third kappa shape index (κ3) is 8.53. The van der Waals surface area contributed by atoms with Gasteiger partial charge in [-0.05, 0) is 0 Å². The molecule has 2 unspecified atom stereocenters. The molecule has 22 nitrogen and oxygen atoms in total. The number of aliphatic hydroxyl groups excluding tert-OH is 2. The second kappa shape index (κ2) is 12.6. The summed E-state index contributed by atoms with van der Waals surface area (Å²) in [4.78, 5) is 54.9. The molecule has 2 aromatic rings. The van der Waals surface area contributed by atoms with Crippen molar-refractivity contribution in [2.75, 3.05) is 12.3 Å².